The fourth-order valence-corrected chi connectivity index (χ4v) is 3.19. The molecule has 6 heteroatoms. The minimum atomic E-state index is 0.0790. The molecule has 1 aliphatic carbocycles. The van der Waals surface area contributed by atoms with Crippen LogP contribution in [0, 0.1) is 5.92 Å². The predicted molar refractivity (Wildman–Crippen MR) is 88.6 cm³/mol. The van der Waals surface area contributed by atoms with Crippen LogP contribution in [-0.4, -0.2) is 38.5 Å². The average molecular weight is 324 g/mol. The molecule has 1 atom stereocenters. The SMILES string of the molecule is COc1ccc(SCCC(=O)NC(CN)C2CC2)cc1OC. The summed E-state index contributed by atoms with van der Waals surface area (Å²) in [5.74, 6) is 2.81. The molecule has 1 aromatic rings. The summed E-state index contributed by atoms with van der Waals surface area (Å²) in [5, 5.41) is 3.03. The molecule has 1 aromatic carbocycles. The van der Waals surface area contributed by atoms with Gasteiger partial charge in [0.15, 0.2) is 11.5 Å². The lowest BCUT2D eigenvalue weighted by molar-refractivity contribution is -0.121. The van der Waals surface area contributed by atoms with Crippen LogP contribution < -0.4 is 20.5 Å². The van der Waals surface area contributed by atoms with Gasteiger partial charge in [-0.2, -0.15) is 0 Å². The number of benzene rings is 1. The highest BCUT2D eigenvalue weighted by atomic mass is 32.2. The van der Waals surface area contributed by atoms with Crippen LogP contribution >= 0.6 is 11.8 Å². The lowest BCUT2D eigenvalue weighted by Gasteiger charge is -2.15. The monoisotopic (exact) mass is 324 g/mol. The molecule has 0 aliphatic heterocycles. The molecule has 5 nitrogen and oxygen atoms in total. The Morgan fingerprint density at radius 2 is 2.09 bits per heavy atom. The molecule has 1 saturated carbocycles. The zero-order valence-electron chi connectivity index (χ0n) is 13.1. The molecule has 3 N–H and O–H groups in total. The standard InChI is InChI=1S/C16H24N2O3S/c1-20-14-6-5-12(9-15(14)21-2)22-8-7-16(19)18-13(10-17)11-3-4-11/h5-6,9,11,13H,3-4,7-8,10,17H2,1-2H3,(H,18,19). The van der Waals surface area contributed by atoms with Crippen molar-refractivity contribution in [3.8, 4) is 11.5 Å². The van der Waals surface area contributed by atoms with Gasteiger partial charge in [-0.25, -0.2) is 0 Å². The van der Waals surface area contributed by atoms with Gasteiger partial charge in [-0.3, -0.25) is 4.79 Å². The van der Waals surface area contributed by atoms with Crippen LogP contribution in [-0.2, 0) is 4.79 Å². The van der Waals surface area contributed by atoms with Gasteiger partial charge in [-0.1, -0.05) is 0 Å². The van der Waals surface area contributed by atoms with E-state index in [0.717, 1.165) is 10.6 Å². The maximum atomic E-state index is 11.9. The molecule has 122 valence electrons. The Labute approximate surface area is 135 Å². The summed E-state index contributed by atoms with van der Waals surface area (Å²) in [5.41, 5.74) is 5.70. The van der Waals surface area contributed by atoms with Crippen LogP contribution in [0.5, 0.6) is 11.5 Å². The molecule has 2 rings (SSSR count). The van der Waals surface area contributed by atoms with Crippen molar-refractivity contribution in [2.45, 2.75) is 30.2 Å². The molecule has 0 bridgehead atoms. The Hall–Kier alpha value is -1.40. The minimum Gasteiger partial charge on any atom is -0.493 e. The fraction of sp³-hybridized carbons (Fsp3) is 0.562. The van der Waals surface area contributed by atoms with E-state index in [4.69, 9.17) is 15.2 Å². The number of methoxy groups -OCH3 is 2. The van der Waals surface area contributed by atoms with E-state index in [2.05, 4.69) is 5.32 Å². The molecule has 0 spiro atoms. The lowest BCUT2D eigenvalue weighted by Crippen LogP contribution is -2.41. The number of thioether (sulfide) groups is 1. The summed E-state index contributed by atoms with van der Waals surface area (Å²) in [6, 6.07) is 5.92. The van der Waals surface area contributed by atoms with Crippen molar-refractivity contribution in [1.29, 1.82) is 0 Å². The van der Waals surface area contributed by atoms with E-state index in [1.807, 2.05) is 18.2 Å². The van der Waals surface area contributed by atoms with E-state index >= 15 is 0 Å². The molecule has 1 unspecified atom stereocenters. The van der Waals surface area contributed by atoms with Crippen LogP contribution in [0.25, 0.3) is 0 Å². The molecular formula is C16H24N2O3S. The third-order valence-corrected chi connectivity index (χ3v) is 4.74. The fourth-order valence-electron chi connectivity index (χ4n) is 2.31. The van der Waals surface area contributed by atoms with Gasteiger partial charge in [0.1, 0.15) is 0 Å². The topological polar surface area (TPSA) is 73.6 Å². The maximum absolute atomic E-state index is 11.9. The Kier molecular flexibility index (Phi) is 6.39. The lowest BCUT2D eigenvalue weighted by atomic mass is 10.2. The molecule has 0 saturated heterocycles. The van der Waals surface area contributed by atoms with Crippen molar-refractivity contribution in [3.05, 3.63) is 18.2 Å². The first-order valence-electron chi connectivity index (χ1n) is 7.52. The van der Waals surface area contributed by atoms with Crippen LogP contribution in [0.4, 0.5) is 0 Å². The first-order valence-corrected chi connectivity index (χ1v) is 8.50. The number of carbonyl (C=O) groups excluding carboxylic acids is 1. The second-order valence-corrected chi connectivity index (χ2v) is 6.53. The molecule has 22 heavy (non-hydrogen) atoms. The van der Waals surface area contributed by atoms with E-state index in [9.17, 15) is 4.79 Å². The van der Waals surface area contributed by atoms with Gasteiger partial charge in [0.05, 0.1) is 14.2 Å². The number of amides is 1. The summed E-state index contributed by atoms with van der Waals surface area (Å²) < 4.78 is 10.5. The third-order valence-electron chi connectivity index (χ3n) is 3.74. The van der Waals surface area contributed by atoms with Crippen molar-refractivity contribution < 1.29 is 14.3 Å². The highest BCUT2D eigenvalue weighted by Crippen LogP contribution is 2.33. The summed E-state index contributed by atoms with van der Waals surface area (Å²) in [6.45, 7) is 0.527. The van der Waals surface area contributed by atoms with E-state index in [0.29, 0.717) is 30.4 Å². The molecular weight excluding hydrogens is 300 g/mol. The number of hydrogen-bond acceptors (Lipinski definition) is 5. The molecule has 0 radical (unpaired) electrons. The molecule has 1 amide bonds. The minimum absolute atomic E-state index is 0.0790. The van der Waals surface area contributed by atoms with Crippen molar-refractivity contribution in [1.82, 2.24) is 5.32 Å². The number of nitrogens with two attached hydrogens (primary N) is 1. The van der Waals surface area contributed by atoms with Crippen LogP contribution in [0.2, 0.25) is 0 Å². The van der Waals surface area contributed by atoms with Gasteiger partial charge in [0.25, 0.3) is 0 Å². The van der Waals surface area contributed by atoms with Crippen molar-refractivity contribution in [2.24, 2.45) is 11.7 Å². The third kappa shape index (κ3) is 4.81. The van der Waals surface area contributed by atoms with Crippen molar-refractivity contribution in [3.63, 3.8) is 0 Å². The van der Waals surface area contributed by atoms with Crippen LogP contribution in [0.15, 0.2) is 23.1 Å². The number of carbonyl (C=O) groups is 1. The molecule has 0 heterocycles. The van der Waals surface area contributed by atoms with Crippen molar-refractivity contribution in [2.75, 3.05) is 26.5 Å². The van der Waals surface area contributed by atoms with Gasteiger partial charge < -0.3 is 20.5 Å². The van der Waals surface area contributed by atoms with Gasteiger partial charge >= 0.3 is 0 Å². The smallest absolute Gasteiger partial charge is 0.221 e. The van der Waals surface area contributed by atoms with E-state index in [-0.39, 0.29) is 11.9 Å². The Morgan fingerprint density at radius 3 is 2.68 bits per heavy atom. The molecule has 0 aromatic heterocycles. The van der Waals surface area contributed by atoms with Gasteiger partial charge in [0, 0.05) is 29.7 Å². The summed E-state index contributed by atoms with van der Waals surface area (Å²) >= 11 is 1.63. The second-order valence-electron chi connectivity index (χ2n) is 5.36. The Bertz CT molecular complexity index is 506. The quantitative estimate of drug-likeness (QED) is 0.680. The summed E-state index contributed by atoms with van der Waals surface area (Å²) in [4.78, 5) is 13.0. The van der Waals surface area contributed by atoms with E-state index < -0.39 is 0 Å². The van der Waals surface area contributed by atoms with Gasteiger partial charge in [-0.05, 0) is 37.0 Å². The van der Waals surface area contributed by atoms with E-state index in [1.165, 1.54) is 12.8 Å². The number of nitrogens with one attached hydrogen (secondary N) is 1. The normalized spacial score (nSPS) is 15.2. The highest BCUT2D eigenvalue weighted by Gasteiger charge is 2.30. The first-order chi connectivity index (χ1) is 10.7. The molecule has 1 aliphatic rings. The zero-order valence-corrected chi connectivity index (χ0v) is 13.9. The van der Waals surface area contributed by atoms with Gasteiger partial charge in [-0.15, -0.1) is 11.8 Å². The number of hydrogen-bond donors (Lipinski definition) is 2. The van der Waals surface area contributed by atoms with Crippen LogP contribution in [0.1, 0.15) is 19.3 Å². The highest BCUT2D eigenvalue weighted by molar-refractivity contribution is 7.99. The average Bonchev–Trinajstić information content (AvgIpc) is 3.37. The first kappa shape index (κ1) is 17.0. The zero-order chi connectivity index (χ0) is 15.9. The Balaban J connectivity index is 1.76. The summed E-state index contributed by atoms with van der Waals surface area (Å²) in [6.07, 6.45) is 2.85. The van der Waals surface area contributed by atoms with Crippen molar-refractivity contribution >= 4 is 17.7 Å². The molecule has 1 fully saturated rings. The van der Waals surface area contributed by atoms with E-state index in [1.54, 1.807) is 26.0 Å². The van der Waals surface area contributed by atoms with Crippen LogP contribution in [0.3, 0.4) is 0 Å². The van der Waals surface area contributed by atoms with Gasteiger partial charge in [0.2, 0.25) is 5.91 Å². The second kappa shape index (κ2) is 8.29. The largest absolute Gasteiger partial charge is 0.493 e. The summed E-state index contributed by atoms with van der Waals surface area (Å²) in [7, 11) is 3.23. The Morgan fingerprint density at radius 1 is 1.36 bits per heavy atom. The number of rotatable bonds is 9. The predicted octanol–water partition coefficient (Wildman–Crippen LogP) is 2.04. The number of ether oxygens (including phenoxy) is 2. The maximum Gasteiger partial charge on any atom is 0.221 e.